The van der Waals surface area contributed by atoms with Gasteiger partial charge >= 0.3 is 0 Å². The third kappa shape index (κ3) is 5.51. The molecule has 3 rings (SSSR count). The van der Waals surface area contributed by atoms with Gasteiger partial charge in [-0.3, -0.25) is 9.10 Å². The summed E-state index contributed by atoms with van der Waals surface area (Å²) in [5.74, 6) is 0.770. The highest BCUT2D eigenvalue weighted by molar-refractivity contribution is 7.92. The van der Waals surface area contributed by atoms with Gasteiger partial charge in [0, 0.05) is 5.56 Å². The molecule has 180 valence electrons. The molecule has 3 aromatic rings. The van der Waals surface area contributed by atoms with Crippen LogP contribution in [0.2, 0.25) is 0 Å². The zero-order valence-corrected chi connectivity index (χ0v) is 20.8. The van der Waals surface area contributed by atoms with E-state index in [0.717, 1.165) is 21.0 Å². The molecule has 34 heavy (non-hydrogen) atoms. The predicted molar refractivity (Wildman–Crippen MR) is 133 cm³/mol. The highest BCUT2D eigenvalue weighted by Crippen LogP contribution is 2.30. The van der Waals surface area contributed by atoms with Crippen molar-refractivity contribution < 1.29 is 22.7 Å². The number of sulfonamides is 1. The second-order valence-corrected chi connectivity index (χ2v) is 9.85. The maximum absolute atomic E-state index is 13.5. The molecule has 8 heteroatoms. The summed E-state index contributed by atoms with van der Waals surface area (Å²) >= 11 is 0. The van der Waals surface area contributed by atoms with Gasteiger partial charge in [0.15, 0.2) is 0 Å². The lowest BCUT2D eigenvalue weighted by Gasteiger charge is -2.26. The fraction of sp³-hybridized carbons (Fsp3) is 0.269. The Labute approximate surface area is 201 Å². The number of nitrogens with one attached hydrogen (secondary N) is 1. The molecular weight excluding hydrogens is 452 g/mol. The molecule has 1 N–H and O–H groups in total. The SMILES string of the molecule is COc1ccc(OC)c([C@H](C)NC(=O)CN(c2ccc(C)c(C)c2)S(=O)(=O)c2ccccc2)c1. The van der Waals surface area contributed by atoms with Gasteiger partial charge in [-0.05, 0) is 74.4 Å². The second kappa shape index (κ2) is 10.6. The van der Waals surface area contributed by atoms with E-state index in [-0.39, 0.29) is 11.4 Å². The molecule has 0 saturated heterocycles. The summed E-state index contributed by atoms with van der Waals surface area (Å²) in [5, 5.41) is 2.89. The Kier molecular flexibility index (Phi) is 7.83. The molecule has 7 nitrogen and oxygen atoms in total. The topological polar surface area (TPSA) is 84.9 Å². The average molecular weight is 483 g/mol. The first kappa shape index (κ1) is 25.1. The van der Waals surface area contributed by atoms with E-state index in [2.05, 4.69) is 5.32 Å². The first-order valence-corrected chi connectivity index (χ1v) is 12.3. The number of rotatable bonds is 9. The van der Waals surface area contributed by atoms with Crippen LogP contribution in [0, 0.1) is 13.8 Å². The van der Waals surface area contributed by atoms with Crippen LogP contribution in [0.5, 0.6) is 11.5 Å². The van der Waals surface area contributed by atoms with E-state index >= 15 is 0 Å². The number of nitrogens with zero attached hydrogens (tertiary/aromatic N) is 1. The fourth-order valence-electron chi connectivity index (χ4n) is 3.59. The van der Waals surface area contributed by atoms with Gasteiger partial charge in [-0.15, -0.1) is 0 Å². The smallest absolute Gasteiger partial charge is 0.264 e. The molecule has 0 bridgehead atoms. The highest BCUT2D eigenvalue weighted by atomic mass is 32.2. The van der Waals surface area contributed by atoms with Crippen LogP contribution in [-0.2, 0) is 14.8 Å². The van der Waals surface area contributed by atoms with E-state index < -0.39 is 22.0 Å². The van der Waals surface area contributed by atoms with Crippen LogP contribution in [0.25, 0.3) is 0 Å². The molecule has 0 fully saturated rings. The zero-order valence-electron chi connectivity index (χ0n) is 20.0. The first-order valence-electron chi connectivity index (χ1n) is 10.8. The Hall–Kier alpha value is -3.52. The zero-order chi connectivity index (χ0) is 24.9. The van der Waals surface area contributed by atoms with Crippen molar-refractivity contribution in [3.63, 3.8) is 0 Å². The number of hydrogen-bond donors (Lipinski definition) is 1. The third-order valence-electron chi connectivity index (χ3n) is 5.68. The number of carbonyl (C=O) groups excluding carboxylic acids is 1. The quantitative estimate of drug-likeness (QED) is 0.489. The van der Waals surface area contributed by atoms with Crippen LogP contribution in [0.3, 0.4) is 0 Å². The monoisotopic (exact) mass is 482 g/mol. The normalized spacial score (nSPS) is 12.0. The van der Waals surface area contributed by atoms with Crippen LogP contribution >= 0.6 is 0 Å². The van der Waals surface area contributed by atoms with Crippen LogP contribution < -0.4 is 19.1 Å². The third-order valence-corrected chi connectivity index (χ3v) is 7.47. The Morgan fingerprint density at radius 1 is 0.941 bits per heavy atom. The van der Waals surface area contributed by atoms with Crippen LogP contribution in [0.1, 0.15) is 29.7 Å². The maximum atomic E-state index is 13.5. The summed E-state index contributed by atoms with van der Waals surface area (Å²) in [5.41, 5.74) is 3.11. The number of amides is 1. The van der Waals surface area contributed by atoms with E-state index in [1.165, 1.54) is 12.1 Å². The van der Waals surface area contributed by atoms with Gasteiger partial charge in [0.1, 0.15) is 18.0 Å². The van der Waals surface area contributed by atoms with Crippen molar-refractivity contribution in [1.29, 1.82) is 0 Å². The molecule has 0 saturated carbocycles. The predicted octanol–water partition coefficient (Wildman–Crippen LogP) is 4.39. The Morgan fingerprint density at radius 3 is 2.26 bits per heavy atom. The lowest BCUT2D eigenvalue weighted by atomic mass is 10.1. The van der Waals surface area contributed by atoms with Crippen molar-refractivity contribution in [3.05, 3.63) is 83.4 Å². The number of aryl methyl sites for hydroxylation is 2. The molecular formula is C26H30N2O5S. The van der Waals surface area contributed by atoms with Crippen molar-refractivity contribution >= 4 is 21.6 Å². The van der Waals surface area contributed by atoms with Crippen molar-refractivity contribution in [1.82, 2.24) is 5.32 Å². The minimum absolute atomic E-state index is 0.114. The Morgan fingerprint density at radius 2 is 1.65 bits per heavy atom. The maximum Gasteiger partial charge on any atom is 0.264 e. The van der Waals surface area contributed by atoms with Gasteiger partial charge in [0.05, 0.1) is 30.8 Å². The molecule has 0 radical (unpaired) electrons. The minimum atomic E-state index is -3.97. The summed E-state index contributed by atoms with van der Waals surface area (Å²) in [4.78, 5) is 13.2. The van der Waals surface area contributed by atoms with Gasteiger partial charge in [-0.25, -0.2) is 8.42 Å². The van der Waals surface area contributed by atoms with Crippen molar-refractivity contribution in [2.24, 2.45) is 0 Å². The van der Waals surface area contributed by atoms with Crippen LogP contribution in [0.15, 0.2) is 71.6 Å². The van der Waals surface area contributed by atoms with Crippen LogP contribution in [-0.4, -0.2) is 35.1 Å². The molecule has 0 spiro atoms. The van der Waals surface area contributed by atoms with Gasteiger partial charge in [-0.1, -0.05) is 24.3 Å². The van der Waals surface area contributed by atoms with Crippen molar-refractivity contribution in [2.45, 2.75) is 31.7 Å². The van der Waals surface area contributed by atoms with Gasteiger partial charge < -0.3 is 14.8 Å². The lowest BCUT2D eigenvalue weighted by molar-refractivity contribution is -0.120. The number of anilines is 1. The molecule has 0 aliphatic rings. The van der Waals surface area contributed by atoms with Crippen LogP contribution in [0.4, 0.5) is 5.69 Å². The standard InChI is InChI=1S/C26H30N2O5S/c1-18-11-12-21(15-19(18)2)28(34(30,31)23-9-7-6-8-10-23)17-26(29)27-20(3)24-16-22(32-4)13-14-25(24)33-5/h6-16,20H,17H2,1-5H3,(H,27,29)/t20-/m0/s1. The molecule has 0 heterocycles. The number of ether oxygens (including phenoxy) is 2. The van der Waals surface area contributed by atoms with E-state index in [4.69, 9.17) is 9.47 Å². The molecule has 0 aliphatic heterocycles. The molecule has 0 unspecified atom stereocenters. The average Bonchev–Trinajstić information content (AvgIpc) is 2.84. The second-order valence-electron chi connectivity index (χ2n) is 7.99. The van der Waals surface area contributed by atoms with E-state index in [9.17, 15) is 13.2 Å². The molecule has 1 amide bonds. The summed E-state index contributed by atoms with van der Waals surface area (Å²) < 4.78 is 38.9. The minimum Gasteiger partial charge on any atom is -0.497 e. The summed E-state index contributed by atoms with van der Waals surface area (Å²) in [6, 6.07) is 18.3. The molecule has 0 aromatic heterocycles. The summed E-state index contributed by atoms with van der Waals surface area (Å²) in [6.07, 6.45) is 0. The van der Waals surface area contributed by atoms with Crippen molar-refractivity contribution in [2.75, 3.05) is 25.1 Å². The Bertz CT molecular complexity index is 1260. The number of benzene rings is 3. The highest BCUT2D eigenvalue weighted by Gasteiger charge is 2.28. The van der Waals surface area contributed by atoms with E-state index in [0.29, 0.717) is 17.2 Å². The van der Waals surface area contributed by atoms with Crippen molar-refractivity contribution in [3.8, 4) is 11.5 Å². The summed E-state index contributed by atoms with van der Waals surface area (Å²) in [7, 11) is -0.865. The largest absolute Gasteiger partial charge is 0.497 e. The number of hydrogen-bond acceptors (Lipinski definition) is 5. The molecule has 1 atom stereocenters. The Balaban J connectivity index is 1.92. The first-order chi connectivity index (χ1) is 16.2. The number of methoxy groups -OCH3 is 2. The van der Waals surface area contributed by atoms with E-state index in [1.807, 2.05) is 19.9 Å². The molecule has 3 aromatic carbocycles. The van der Waals surface area contributed by atoms with E-state index in [1.54, 1.807) is 69.7 Å². The van der Waals surface area contributed by atoms with Gasteiger partial charge in [0.2, 0.25) is 5.91 Å². The van der Waals surface area contributed by atoms with Gasteiger partial charge in [0.25, 0.3) is 10.0 Å². The van der Waals surface area contributed by atoms with Gasteiger partial charge in [-0.2, -0.15) is 0 Å². The number of carbonyl (C=O) groups is 1. The molecule has 0 aliphatic carbocycles. The summed E-state index contributed by atoms with van der Waals surface area (Å²) in [6.45, 7) is 5.28. The fourth-order valence-corrected chi connectivity index (χ4v) is 5.02. The lowest BCUT2D eigenvalue weighted by Crippen LogP contribution is -2.41.